The summed E-state index contributed by atoms with van der Waals surface area (Å²) in [5.74, 6) is -0.303. The molecule has 0 N–H and O–H groups in total. The van der Waals surface area contributed by atoms with E-state index in [0.29, 0.717) is 0 Å². The Morgan fingerprint density at radius 3 is 0.967 bits per heavy atom. The second-order valence-corrected chi connectivity index (χ2v) is 11.3. The fourth-order valence-electron chi connectivity index (χ4n) is 4.21. The molecule has 4 heteroatoms. The molecule has 2 nitrogen and oxygen atoms in total. The van der Waals surface area contributed by atoms with Gasteiger partial charge in [0, 0.05) is 0 Å². The summed E-state index contributed by atoms with van der Waals surface area (Å²) >= 11 is 0. The molecule has 4 aromatic carbocycles. The molecule has 0 bridgehead atoms. The minimum absolute atomic E-state index is 0. The Labute approximate surface area is 188 Å². The summed E-state index contributed by atoms with van der Waals surface area (Å²) in [6, 6.07) is 40.6. The first-order chi connectivity index (χ1) is 14.2. The van der Waals surface area contributed by atoms with E-state index in [-0.39, 0.29) is 23.0 Å². The third-order valence-electron chi connectivity index (χ3n) is 5.31. The Morgan fingerprint density at radius 2 is 0.767 bits per heavy atom. The van der Waals surface area contributed by atoms with Gasteiger partial charge in [0.05, 0.1) is 0 Å². The average Bonchev–Trinajstić information content (AvgIpc) is 2.80. The van der Waals surface area contributed by atoms with Gasteiger partial charge in [0.25, 0.3) is 0 Å². The first-order valence-electron chi connectivity index (χ1n) is 9.63. The van der Waals surface area contributed by atoms with E-state index in [1.807, 2.05) is 72.8 Å². The van der Waals surface area contributed by atoms with E-state index in [0.717, 1.165) is 21.2 Å². The van der Waals surface area contributed by atoms with Gasteiger partial charge in [-0.3, -0.25) is 0 Å². The Balaban J connectivity index is 0.00000256. The van der Waals surface area contributed by atoms with Gasteiger partial charge < -0.3 is 0 Å². The van der Waals surface area contributed by atoms with Gasteiger partial charge in [0.1, 0.15) is 0 Å². The van der Waals surface area contributed by atoms with Gasteiger partial charge in [-0.2, -0.15) is 0 Å². The first-order valence-corrected chi connectivity index (χ1v) is 11.8. The minimum atomic E-state index is -3.79. The Morgan fingerprint density at radius 1 is 0.533 bits per heavy atom. The molecule has 0 aliphatic carbocycles. The zero-order chi connectivity index (χ0) is 20.2. The molecule has 0 spiro atoms. The van der Waals surface area contributed by atoms with E-state index in [1.165, 1.54) is 6.92 Å². The monoisotopic (exact) mass is 478 g/mol. The fourth-order valence-corrected chi connectivity index (χ4v) is 9.90. The number of hydrogen-bond acceptors (Lipinski definition) is 2. The summed E-state index contributed by atoms with van der Waals surface area (Å²) in [5.41, 5.74) is 0. The van der Waals surface area contributed by atoms with Crippen LogP contribution in [0.3, 0.4) is 0 Å². The quantitative estimate of drug-likeness (QED) is 0.381. The molecule has 0 aromatic heterocycles. The average molecular weight is 479 g/mol. The molecule has 0 radical (unpaired) electrons. The summed E-state index contributed by atoms with van der Waals surface area (Å²) in [7, 11) is 0. The molecule has 4 aromatic rings. The summed E-state index contributed by atoms with van der Waals surface area (Å²) < 4.78 is 6.66. The predicted molar refractivity (Wildman–Crippen MR) is 133 cm³/mol. The molecule has 0 saturated heterocycles. The molecule has 0 aliphatic heterocycles. The molecule has 0 fully saturated rings. The Kier molecular flexibility index (Phi) is 6.55. The standard InChI is InChI=1S/C26H23O2P.BrH/c1-22(27)28-29(23-14-6-2-7-15-23,24-16-8-3-9-17-24,25-18-10-4-11-19-25)26-20-12-5-13-21-26;/h2-21H,1H3;1H. The second-order valence-electron chi connectivity index (χ2n) is 6.96. The van der Waals surface area contributed by atoms with Crippen molar-refractivity contribution in [3.05, 3.63) is 121 Å². The predicted octanol–water partition coefficient (Wildman–Crippen LogP) is 4.90. The van der Waals surface area contributed by atoms with Crippen LogP contribution in [0.2, 0.25) is 0 Å². The van der Waals surface area contributed by atoms with Gasteiger partial charge in [0.15, 0.2) is 0 Å². The molecule has 30 heavy (non-hydrogen) atoms. The molecule has 0 atom stereocenters. The van der Waals surface area contributed by atoms with Gasteiger partial charge in [-0.25, -0.2) is 0 Å². The van der Waals surface area contributed by atoms with Crippen molar-refractivity contribution in [2.75, 3.05) is 0 Å². The number of carbonyl (C=O) groups is 1. The van der Waals surface area contributed by atoms with Crippen LogP contribution < -0.4 is 21.2 Å². The Bertz CT molecular complexity index is 931. The van der Waals surface area contributed by atoms with Crippen LogP contribution in [-0.2, 0) is 9.32 Å². The molecular weight excluding hydrogens is 455 g/mol. The van der Waals surface area contributed by atoms with E-state index in [9.17, 15) is 4.79 Å². The molecule has 0 amide bonds. The zero-order valence-electron chi connectivity index (χ0n) is 16.7. The molecule has 0 unspecified atom stereocenters. The van der Waals surface area contributed by atoms with Crippen LogP contribution in [0.5, 0.6) is 0 Å². The fraction of sp³-hybridized carbons (Fsp3) is 0.0385. The van der Waals surface area contributed by atoms with E-state index in [4.69, 9.17) is 4.52 Å². The Hall–Kier alpha value is -2.74. The van der Waals surface area contributed by atoms with E-state index in [1.54, 1.807) is 0 Å². The first kappa shape index (κ1) is 22.0. The van der Waals surface area contributed by atoms with Crippen molar-refractivity contribution in [3.63, 3.8) is 0 Å². The van der Waals surface area contributed by atoms with Gasteiger partial charge in [0.2, 0.25) is 0 Å². The number of hydrogen-bond donors (Lipinski definition) is 0. The van der Waals surface area contributed by atoms with Crippen LogP contribution in [0.15, 0.2) is 121 Å². The maximum absolute atomic E-state index is 12.8. The van der Waals surface area contributed by atoms with Crippen LogP contribution in [-0.4, -0.2) is 5.97 Å². The van der Waals surface area contributed by atoms with Gasteiger partial charge in [-0.05, 0) is 0 Å². The van der Waals surface area contributed by atoms with Crippen molar-refractivity contribution in [3.8, 4) is 0 Å². The molecular formula is C26H24BrO2P. The summed E-state index contributed by atoms with van der Waals surface area (Å²) in [6.45, 7) is -2.29. The maximum atomic E-state index is 12.8. The van der Waals surface area contributed by atoms with Crippen LogP contribution >= 0.6 is 23.8 Å². The zero-order valence-corrected chi connectivity index (χ0v) is 19.3. The van der Waals surface area contributed by atoms with Crippen LogP contribution in [0.25, 0.3) is 0 Å². The third kappa shape index (κ3) is 3.29. The van der Waals surface area contributed by atoms with E-state index >= 15 is 0 Å². The molecule has 0 aliphatic rings. The SMILES string of the molecule is Br.CC(=O)OP(c1ccccc1)(c1ccccc1)(c1ccccc1)c1ccccc1. The van der Waals surface area contributed by atoms with E-state index in [2.05, 4.69) is 48.5 Å². The number of carbonyl (C=O) groups excluding carboxylic acids is 1. The topological polar surface area (TPSA) is 26.3 Å². The number of halogens is 1. The molecule has 0 heterocycles. The third-order valence-corrected chi connectivity index (χ3v) is 11.1. The van der Waals surface area contributed by atoms with Gasteiger partial charge in [-0.15, -0.1) is 17.0 Å². The normalized spacial score (nSPS) is 12.1. The van der Waals surface area contributed by atoms with Gasteiger partial charge >= 0.3 is 172 Å². The van der Waals surface area contributed by atoms with Crippen molar-refractivity contribution >= 4 is 51.0 Å². The van der Waals surface area contributed by atoms with Crippen molar-refractivity contribution in [1.29, 1.82) is 0 Å². The molecule has 152 valence electrons. The number of rotatable bonds is 5. The summed E-state index contributed by atoms with van der Waals surface area (Å²) in [4.78, 5) is 12.8. The number of benzene rings is 4. The molecule has 4 rings (SSSR count). The van der Waals surface area contributed by atoms with Crippen molar-refractivity contribution in [2.24, 2.45) is 0 Å². The van der Waals surface area contributed by atoms with Crippen LogP contribution in [0, 0.1) is 0 Å². The summed E-state index contributed by atoms with van der Waals surface area (Å²) in [5, 5.41) is 3.99. The van der Waals surface area contributed by atoms with Crippen molar-refractivity contribution < 1.29 is 9.32 Å². The van der Waals surface area contributed by atoms with Crippen molar-refractivity contribution in [2.45, 2.75) is 6.92 Å². The summed E-state index contributed by atoms with van der Waals surface area (Å²) in [6.07, 6.45) is 0. The van der Waals surface area contributed by atoms with Crippen molar-refractivity contribution in [1.82, 2.24) is 0 Å². The van der Waals surface area contributed by atoms with Gasteiger partial charge in [-0.1, -0.05) is 0 Å². The second kappa shape index (κ2) is 8.95. The van der Waals surface area contributed by atoms with E-state index < -0.39 is 6.83 Å². The van der Waals surface area contributed by atoms with Crippen LogP contribution in [0.1, 0.15) is 6.92 Å². The molecule has 0 saturated carbocycles. The van der Waals surface area contributed by atoms with Crippen LogP contribution in [0.4, 0.5) is 0 Å².